The highest BCUT2D eigenvalue weighted by molar-refractivity contribution is 5.97. The molecule has 1 amide bonds. The largest absolute Gasteiger partial charge is 0.395 e. The van der Waals surface area contributed by atoms with E-state index in [9.17, 15) is 4.79 Å². The minimum atomic E-state index is -0.124. The maximum atomic E-state index is 12.1. The van der Waals surface area contributed by atoms with Gasteiger partial charge in [-0.25, -0.2) is 0 Å². The summed E-state index contributed by atoms with van der Waals surface area (Å²) in [6, 6.07) is 6.27. The van der Waals surface area contributed by atoms with Crippen molar-refractivity contribution in [2.75, 3.05) is 18.5 Å². The van der Waals surface area contributed by atoms with Gasteiger partial charge in [-0.2, -0.15) is 0 Å². The normalized spacial score (nSPS) is 24.8. The van der Waals surface area contributed by atoms with E-state index in [0.29, 0.717) is 11.6 Å². The zero-order valence-corrected chi connectivity index (χ0v) is 13.9. The molecule has 0 heterocycles. The predicted octanol–water partition coefficient (Wildman–Crippen LogP) is 2.95. The van der Waals surface area contributed by atoms with E-state index < -0.39 is 0 Å². The summed E-state index contributed by atoms with van der Waals surface area (Å²) in [6.07, 6.45) is 3.68. The van der Waals surface area contributed by atoms with Crippen molar-refractivity contribution in [1.29, 1.82) is 0 Å². The molecule has 1 aromatic carbocycles. The van der Waals surface area contributed by atoms with Gasteiger partial charge in [-0.15, -0.1) is 0 Å². The van der Waals surface area contributed by atoms with E-state index in [2.05, 4.69) is 24.5 Å². The van der Waals surface area contributed by atoms with E-state index in [4.69, 9.17) is 5.11 Å². The summed E-state index contributed by atoms with van der Waals surface area (Å²) in [6.45, 7) is 6.85. The minimum Gasteiger partial charge on any atom is -0.395 e. The fourth-order valence-electron chi connectivity index (χ4n) is 3.59. The number of aliphatic hydroxyl groups is 1. The number of rotatable bonds is 5. The van der Waals surface area contributed by atoms with Gasteiger partial charge in [0.2, 0.25) is 0 Å². The zero-order valence-electron chi connectivity index (χ0n) is 13.9. The molecule has 1 fully saturated rings. The van der Waals surface area contributed by atoms with Gasteiger partial charge < -0.3 is 15.7 Å². The average molecular weight is 304 g/mol. The lowest BCUT2D eigenvalue weighted by molar-refractivity contribution is 0.0944. The average Bonchev–Trinajstić information content (AvgIpc) is 2.46. The Morgan fingerprint density at radius 2 is 1.91 bits per heavy atom. The lowest BCUT2D eigenvalue weighted by Gasteiger charge is -2.33. The molecule has 1 saturated carbocycles. The van der Waals surface area contributed by atoms with Gasteiger partial charge in [-0.05, 0) is 55.7 Å². The zero-order chi connectivity index (χ0) is 16.1. The molecule has 2 unspecified atom stereocenters. The van der Waals surface area contributed by atoms with Gasteiger partial charge >= 0.3 is 0 Å². The molecule has 3 N–H and O–H groups in total. The molecule has 4 nitrogen and oxygen atoms in total. The Hall–Kier alpha value is -1.55. The van der Waals surface area contributed by atoms with Crippen LogP contribution in [0.1, 0.15) is 49.0 Å². The highest BCUT2D eigenvalue weighted by Gasteiger charge is 2.24. The van der Waals surface area contributed by atoms with Crippen LogP contribution in [0, 0.1) is 18.8 Å². The van der Waals surface area contributed by atoms with Crippen LogP contribution >= 0.6 is 0 Å². The van der Waals surface area contributed by atoms with Crippen LogP contribution < -0.4 is 10.6 Å². The molecular formula is C18H28N2O2. The third-order valence-corrected chi connectivity index (χ3v) is 4.51. The molecule has 4 heteroatoms. The van der Waals surface area contributed by atoms with Crippen LogP contribution in [0.3, 0.4) is 0 Å². The summed E-state index contributed by atoms with van der Waals surface area (Å²) in [4.78, 5) is 12.1. The fourth-order valence-corrected chi connectivity index (χ4v) is 3.59. The van der Waals surface area contributed by atoms with Crippen LogP contribution in [-0.2, 0) is 0 Å². The van der Waals surface area contributed by atoms with Crippen LogP contribution in [0.2, 0.25) is 0 Å². The van der Waals surface area contributed by atoms with E-state index in [1.165, 1.54) is 19.3 Å². The molecule has 2 rings (SSSR count). The third-order valence-electron chi connectivity index (χ3n) is 4.51. The second-order valence-electron chi connectivity index (χ2n) is 6.72. The van der Waals surface area contributed by atoms with E-state index in [-0.39, 0.29) is 19.1 Å². The number of benzene rings is 1. The van der Waals surface area contributed by atoms with Crippen LogP contribution in [0.5, 0.6) is 0 Å². The van der Waals surface area contributed by atoms with Crippen molar-refractivity contribution < 1.29 is 9.90 Å². The number of hydrogen-bond acceptors (Lipinski definition) is 3. The smallest absolute Gasteiger partial charge is 0.251 e. The SMILES string of the molecule is Cc1c(NC2CC(C)CC(C)C2)cccc1C(=O)NCCO. The van der Waals surface area contributed by atoms with Crippen molar-refractivity contribution in [2.45, 2.75) is 46.1 Å². The Kier molecular flexibility index (Phi) is 5.83. The molecular weight excluding hydrogens is 276 g/mol. The van der Waals surface area contributed by atoms with Crippen molar-refractivity contribution in [3.8, 4) is 0 Å². The lowest BCUT2D eigenvalue weighted by Crippen LogP contribution is -2.31. The van der Waals surface area contributed by atoms with Crippen molar-refractivity contribution in [3.63, 3.8) is 0 Å². The highest BCUT2D eigenvalue weighted by Crippen LogP contribution is 2.31. The molecule has 0 radical (unpaired) electrons. The number of carbonyl (C=O) groups excluding carboxylic acids is 1. The molecule has 0 aliphatic heterocycles. The van der Waals surface area contributed by atoms with Gasteiger partial charge in [0.05, 0.1) is 6.61 Å². The van der Waals surface area contributed by atoms with Crippen molar-refractivity contribution in [3.05, 3.63) is 29.3 Å². The third kappa shape index (κ3) is 4.23. The first-order valence-corrected chi connectivity index (χ1v) is 8.26. The maximum Gasteiger partial charge on any atom is 0.251 e. The topological polar surface area (TPSA) is 61.4 Å². The van der Waals surface area contributed by atoms with Crippen molar-refractivity contribution >= 4 is 11.6 Å². The molecule has 1 aliphatic carbocycles. The van der Waals surface area contributed by atoms with Crippen LogP contribution in [0.25, 0.3) is 0 Å². The highest BCUT2D eigenvalue weighted by atomic mass is 16.3. The molecule has 2 atom stereocenters. The number of amides is 1. The molecule has 1 aliphatic rings. The number of anilines is 1. The lowest BCUT2D eigenvalue weighted by atomic mass is 9.80. The Balaban J connectivity index is 2.10. The van der Waals surface area contributed by atoms with Gasteiger partial charge in [0.1, 0.15) is 0 Å². The van der Waals surface area contributed by atoms with E-state index in [1.807, 2.05) is 25.1 Å². The fraction of sp³-hybridized carbons (Fsp3) is 0.611. The summed E-state index contributed by atoms with van der Waals surface area (Å²) in [5.74, 6) is 1.37. The summed E-state index contributed by atoms with van der Waals surface area (Å²) >= 11 is 0. The van der Waals surface area contributed by atoms with E-state index >= 15 is 0 Å². The first-order chi connectivity index (χ1) is 10.5. The molecule has 122 valence electrons. The van der Waals surface area contributed by atoms with Gasteiger partial charge in [0, 0.05) is 23.8 Å². The van der Waals surface area contributed by atoms with E-state index in [0.717, 1.165) is 23.1 Å². The molecule has 0 spiro atoms. The van der Waals surface area contributed by atoms with Gasteiger partial charge in [-0.3, -0.25) is 4.79 Å². The molecule has 0 saturated heterocycles. The van der Waals surface area contributed by atoms with Crippen LogP contribution in [0.4, 0.5) is 5.69 Å². The maximum absolute atomic E-state index is 12.1. The van der Waals surface area contributed by atoms with Crippen LogP contribution in [-0.4, -0.2) is 30.2 Å². The first-order valence-electron chi connectivity index (χ1n) is 8.26. The Morgan fingerprint density at radius 3 is 2.55 bits per heavy atom. The Bertz CT molecular complexity index is 506. The second-order valence-corrected chi connectivity index (χ2v) is 6.72. The number of carbonyl (C=O) groups is 1. The number of nitrogens with one attached hydrogen (secondary N) is 2. The standard InChI is InChI=1S/C18H28N2O2/c1-12-9-13(2)11-15(10-12)20-17-6-4-5-16(14(17)3)18(22)19-7-8-21/h4-6,12-13,15,20-21H,7-11H2,1-3H3,(H,19,22). The monoisotopic (exact) mass is 304 g/mol. The Morgan fingerprint density at radius 1 is 1.23 bits per heavy atom. The van der Waals surface area contributed by atoms with Crippen molar-refractivity contribution in [2.24, 2.45) is 11.8 Å². The van der Waals surface area contributed by atoms with Crippen LogP contribution in [0.15, 0.2) is 18.2 Å². The first kappa shape index (κ1) is 16.8. The summed E-state index contributed by atoms with van der Waals surface area (Å²) in [5.41, 5.74) is 2.70. The molecule has 0 aromatic heterocycles. The second kappa shape index (κ2) is 7.63. The molecule has 1 aromatic rings. The quantitative estimate of drug-likeness (QED) is 0.784. The summed E-state index contributed by atoms with van der Waals surface area (Å²) in [7, 11) is 0. The molecule has 22 heavy (non-hydrogen) atoms. The molecule has 0 bridgehead atoms. The Labute approximate surface area is 133 Å². The summed E-state index contributed by atoms with van der Waals surface area (Å²) < 4.78 is 0. The summed E-state index contributed by atoms with van der Waals surface area (Å²) in [5, 5.41) is 15.2. The van der Waals surface area contributed by atoms with Crippen molar-refractivity contribution in [1.82, 2.24) is 5.32 Å². The predicted molar refractivity (Wildman–Crippen MR) is 90.2 cm³/mol. The van der Waals surface area contributed by atoms with Gasteiger partial charge in [-0.1, -0.05) is 19.9 Å². The van der Waals surface area contributed by atoms with Gasteiger partial charge in [0.25, 0.3) is 5.91 Å². The number of hydrogen-bond donors (Lipinski definition) is 3. The van der Waals surface area contributed by atoms with Gasteiger partial charge in [0.15, 0.2) is 0 Å². The number of aliphatic hydroxyl groups excluding tert-OH is 1. The minimum absolute atomic E-state index is 0.0411. The van der Waals surface area contributed by atoms with E-state index in [1.54, 1.807) is 0 Å².